The Kier molecular flexibility index (Phi) is 6.34. The highest BCUT2D eigenvalue weighted by Gasteiger charge is 2.00. The van der Waals surface area contributed by atoms with Crippen molar-refractivity contribution in [2.24, 2.45) is 5.73 Å². The number of amides is 1. The Morgan fingerprint density at radius 2 is 2.14 bits per heavy atom. The molecule has 1 amide bonds. The molecule has 5 N–H and O–H groups in total. The molecule has 0 rings (SSSR count). The molecule has 0 unspecified atom stereocenters. The van der Waals surface area contributed by atoms with E-state index in [1.165, 1.54) is 12.2 Å². The summed E-state index contributed by atoms with van der Waals surface area (Å²) < 4.78 is 0. The Balaban J connectivity index is 3.66. The average Bonchev–Trinajstić information content (AvgIpc) is 2.14. The van der Waals surface area contributed by atoms with Crippen LogP contribution in [0.1, 0.15) is 6.42 Å². The van der Waals surface area contributed by atoms with Gasteiger partial charge in [-0.05, 0) is 12.5 Å². The zero-order valence-electron chi connectivity index (χ0n) is 7.64. The number of carbonyl (C=O) groups is 2. The predicted octanol–water partition coefficient (Wildman–Crippen LogP) is -1.55. The van der Waals surface area contributed by atoms with Crippen LogP contribution in [0.5, 0.6) is 0 Å². The van der Waals surface area contributed by atoms with Gasteiger partial charge >= 0.3 is 5.97 Å². The molecule has 80 valence electrons. The second-order valence-electron chi connectivity index (χ2n) is 2.64. The molecule has 0 aliphatic rings. The van der Waals surface area contributed by atoms with E-state index in [0.29, 0.717) is 0 Å². The van der Waals surface area contributed by atoms with Crippen LogP contribution < -0.4 is 11.1 Å². The highest BCUT2D eigenvalue weighted by atomic mass is 16.4. The normalized spacial score (nSPS) is 12.7. The summed E-state index contributed by atoms with van der Waals surface area (Å²) in [5, 5.41) is 19.3. The van der Waals surface area contributed by atoms with Crippen molar-refractivity contribution in [2.75, 3.05) is 13.1 Å². The van der Waals surface area contributed by atoms with Crippen molar-refractivity contribution in [3.05, 3.63) is 12.2 Å². The lowest BCUT2D eigenvalue weighted by atomic mass is 10.2. The number of aliphatic hydroxyl groups excluding tert-OH is 1. The van der Waals surface area contributed by atoms with Crippen molar-refractivity contribution < 1.29 is 19.8 Å². The molecule has 0 aliphatic carbocycles. The van der Waals surface area contributed by atoms with Crippen LogP contribution in [0.25, 0.3) is 0 Å². The number of nitrogens with one attached hydrogen (secondary N) is 1. The molecule has 0 saturated carbocycles. The van der Waals surface area contributed by atoms with E-state index in [9.17, 15) is 9.59 Å². The van der Waals surface area contributed by atoms with E-state index >= 15 is 0 Å². The molecule has 0 fully saturated rings. The summed E-state index contributed by atoms with van der Waals surface area (Å²) in [5.41, 5.74) is 5.13. The van der Waals surface area contributed by atoms with Gasteiger partial charge in [-0.25, -0.2) is 0 Å². The first-order valence-corrected chi connectivity index (χ1v) is 4.10. The number of rotatable bonds is 6. The van der Waals surface area contributed by atoms with Crippen LogP contribution >= 0.6 is 0 Å². The molecular weight excluding hydrogens is 188 g/mol. The van der Waals surface area contributed by atoms with E-state index in [-0.39, 0.29) is 13.0 Å². The predicted molar refractivity (Wildman–Crippen MR) is 49.5 cm³/mol. The van der Waals surface area contributed by atoms with Gasteiger partial charge in [0.05, 0.1) is 6.10 Å². The first-order valence-electron chi connectivity index (χ1n) is 4.10. The Hall–Kier alpha value is -1.40. The number of hydrogen-bond acceptors (Lipinski definition) is 4. The Morgan fingerprint density at radius 3 is 2.64 bits per heavy atom. The standard InChI is InChI=1S/C8H14N2O4/c9-4-6(11)2-1-3-7(12)10-5-8(13)14/h1,3,6,11H,2,4-5,9H2,(H,10,12)(H,13,14)/b3-1+/t6-/m1/s1. The lowest BCUT2D eigenvalue weighted by Crippen LogP contribution is -2.27. The summed E-state index contributed by atoms with van der Waals surface area (Å²) in [5.74, 6) is -1.61. The monoisotopic (exact) mass is 202 g/mol. The lowest BCUT2D eigenvalue weighted by molar-refractivity contribution is -0.137. The summed E-state index contributed by atoms with van der Waals surface area (Å²) in [6, 6.07) is 0. The van der Waals surface area contributed by atoms with Gasteiger partial charge in [0.15, 0.2) is 0 Å². The molecule has 6 heteroatoms. The van der Waals surface area contributed by atoms with E-state index in [0.717, 1.165) is 0 Å². The van der Waals surface area contributed by atoms with E-state index < -0.39 is 24.5 Å². The molecule has 14 heavy (non-hydrogen) atoms. The number of aliphatic hydroxyl groups is 1. The van der Waals surface area contributed by atoms with Gasteiger partial charge in [0.1, 0.15) is 6.54 Å². The van der Waals surface area contributed by atoms with Crippen molar-refractivity contribution in [3.63, 3.8) is 0 Å². The fourth-order valence-corrected chi connectivity index (χ4v) is 0.650. The Morgan fingerprint density at radius 1 is 1.50 bits per heavy atom. The number of carbonyl (C=O) groups excluding carboxylic acids is 1. The van der Waals surface area contributed by atoms with Gasteiger partial charge in [-0.15, -0.1) is 0 Å². The van der Waals surface area contributed by atoms with E-state index in [2.05, 4.69) is 5.32 Å². The molecule has 0 heterocycles. The largest absolute Gasteiger partial charge is 0.480 e. The van der Waals surface area contributed by atoms with Crippen LogP contribution in [0, 0.1) is 0 Å². The van der Waals surface area contributed by atoms with Crippen LogP contribution in [0.2, 0.25) is 0 Å². The van der Waals surface area contributed by atoms with Crippen LogP contribution in [-0.2, 0) is 9.59 Å². The number of nitrogens with two attached hydrogens (primary N) is 1. The van der Waals surface area contributed by atoms with Gasteiger partial charge in [-0.1, -0.05) is 6.08 Å². The summed E-state index contributed by atoms with van der Waals surface area (Å²) in [4.78, 5) is 20.9. The zero-order valence-corrected chi connectivity index (χ0v) is 7.64. The van der Waals surface area contributed by atoms with Gasteiger partial charge in [0.2, 0.25) is 5.91 Å². The number of aliphatic carboxylic acids is 1. The van der Waals surface area contributed by atoms with Gasteiger partial charge in [-0.2, -0.15) is 0 Å². The first kappa shape index (κ1) is 12.6. The van der Waals surface area contributed by atoms with Crippen LogP contribution in [-0.4, -0.2) is 41.3 Å². The number of carboxylic acid groups (broad SMARTS) is 1. The summed E-state index contributed by atoms with van der Waals surface area (Å²) in [6.07, 6.45) is 2.21. The van der Waals surface area contributed by atoms with Gasteiger partial charge < -0.3 is 21.3 Å². The SMILES string of the molecule is NC[C@H](O)C/C=C/C(=O)NCC(=O)O. The maximum absolute atomic E-state index is 10.8. The highest BCUT2D eigenvalue weighted by molar-refractivity contribution is 5.89. The topological polar surface area (TPSA) is 113 Å². The minimum atomic E-state index is -1.10. The summed E-state index contributed by atoms with van der Waals surface area (Å²) in [6.45, 7) is -0.288. The van der Waals surface area contributed by atoms with Crippen molar-refractivity contribution in [1.29, 1.82) is 0 Å². The highest BCUT2D eigenvalue weighted by Crippen LogP contribution is 1.89. The van der Waals surface area contributed by atoms with E-state index in [1.807, 2.05) is 0 Å². The molecule has 0 aliphatic heterocycles. The maximum atomic E-state index is 10.8. The summed E-state index contributed by atoms with van der Waals surface area (Å²) in [7, 11) is 0. The maximum Gasteiger partial charge on any atom is 0.322 e. The van der Waals surface area contributed by atoms with Crippen LogP contribution in [0.3, 0.4) is 0 Å². The first-order chi connectivity index (χ1) is 6.56. The third-order valence-corrected chi connectivity index (χ3v) is 1.36. The van der Waals surface area contributed by atoms with E-state index in [4.69, 9.17) is 15.9 Å². The quantitative estimate of drug-likeness (QED) is 0.390. The third kappa shape index (κ3) is 7.26. The smallest absolute Gasteiger partial charge is 0.322 e. The molecule has 1 atom stereocenters. The second-order valence-corrected chi connectivity index (χ2v) is 2.64. The van der Waals surface area contributed by atoms with Crippen molar-refractivity contribution in [3.8, 4) is 0 Å². The van der Waals surface area contributed by atoms with Gasteiger partial charge in [-0.3, -0.25) is 9.59 Å². The fraction of sp³-hybridized carbons (Fsp3) is 0.500. The summed E-state index contributed by atoms with van der Waals surface area (Å²) >= 11 is 0. The number of carboxylic acids is 1. The molecule has 0 aromatic rings. The molecule has 6 nitrogen and oxygen atoms in total. The average molecular weight is 202 g/mol. The minimum absolute atomic E-state index is 0.126. The van der Waals surface area contributed by atoms with Crippen LogP contribution in [0.15, 0.2) is 12.2 Å². The van der Waals surface area contributed by atoms with Gasteiger partial charge in [0.25, 0.3) is 0 Å². The third-order valence-electron chi connectivity index (χ3n) is 1.36. The second kappa shape index (κ2) is 7.05. The molecule has 0 aromatic heterocycles. The molecule has 0 aromatic carbocycles. The zero-order chi connectivity index (χ0) is 11.0. The Labute approximate surface area is 81.4 Å². The van der Waals surface area contributed by atoms with Gasteiger partial charge in [0, 0.05) is 6.54 Å². The fourth-order valence-electron chi connectivity index (χ4n) is 0.650. The molecule has 0 bridgehead atoms. The van der Waals surface area contributed by atoms with Crippen molar-refractivity contribution >= 4 is 11.9 Å². The minimum Gasteiger partial charge on any atom is -0.480 e. The Bertz CT molecular complexity index is 227. The molecule has 0 spiro atoms. The van der Waals surface area contributed by atoms with Crippen molar-refractivity contribution in [2.45, 2.75) is 12.5 Å². The van der Waals surface area contributed by atoms with Crippen molar-refractivity contribution in [1.82, 2.24) is 5.32 Å². The van der Waals surface area contributed by atoms with E-state index in [1.54, 1.807) is 0 Å². The lowest BCUT2D eigenvalue weighted by Gasteiger charge is -2.01. The molecule has 0 saturated heterocycles. The molecular formula is C8H14N2O4. The number of hydrogen-bond donors (Lipinski definition) is 4. The molecule has 0 radical (unpaired) electrons. The van der Waals surface area contributed by atoms with Crippen LogP contribution in [0.4, 0.5) is 0 Å².